The van der Waals surface area contributed by atoms with Gasteiger partial charge in [0, 0.05) is 12.0 Å². The predicted molar refractivity (Wildman–Crippen MR) is 85.3 cm³/mol. The molecule has 0 amide bonds. The Morgan fingerprint density at radius 1 is 1.05 bits per heavy atom. The molecule has 0 aliphatic heterocycles. The van der Waals surface area contributed by atoms with Crippen molar-refractivity contribution in [3.63, 3.8) is 0 Å². The van der Waals surface area contributed by atoms with Gasteiger partial charge >= 0.3 is 0 Å². The highest BCUT2D eigenvalue weighted by atomic mass is 35.5. The van der Waals surface area contributed by atoms with Crippen LogP contribution in [0.2, 0.25) is 10.0 Å². The van der Waals surface area contributed by atoms with Crippen LogP contribution in [0.4, 0.5) is 0 Å². The molecule has 0 fully saturated rings. The predicted octanol–water partition coefficient (Wildman–Crippen LogP) is 4.45. The van der Waals surface area contributed by atoms with Gasteiger partial charge in [-0.15, -0.1) is 0 Å². The average molecular weight is 312 g/mol. The number of benzene rings is 1. The highest BCUT2D eigenvalue weighted by molar-refractivity contribution is 6.42. The van der Waals surface area contributed by atoms with Crippen molar-refractivity contribution in [3.05, 3.63) is 40.3 Å². The molecule has 2 rings (SSSR count). The summed E-state index contributed by atoms with van der Waals surface area (Å²) in [7, 11) is 0. The van der Waals surface area contributed by atoms with Crippen LogP contribution in [0.5, 0.6) is 0 Å². The first-order valence-electron chi connectivity index (χ1n) is 6.90. The fraction of sp³-hybridized carbons (Fsp3) is 0.400. The monoisotopic (exact) mass is 311 g/mol. The van der Waals surface area contributed by atoms with E-state index in [1.807, 2.05) is 18.3 Å². The number of aromatic amines is 1. The Morgan fingerprint density at radius 2 is 1.85 bits per heavy atom. The summed E-state index contributed by atoms with van der Waals surface area (Å²) < 4.78 is 0. The first kappa shape index (κ1) is 15.4. The van der Waals surface area contributed by atoms with E-state index in [-0.39, 0.29) is 0 Å². The largest absolute Gasteiger partial charge is 0.342 e. The molecule has 0 radical (unpaired) electrons. The second-order valence-electron chi connectivity index (χ2n) is 4.83. The lowest BCUT2D eigenvalue weighted by atomic mass is 10.1. The summed E-state index contributed by atoms with van der Waals surface area (Å²) in [5, 5.41) is 1.12. The summed E-state index contributed by atoms with van der Waals surface area (Å²) in [5.41, 5.74) is 7.45. The van der Waals surface area contributed by atoms with E-state index in [0.29, 0.717) is 10.0 Å². The molecule has 0 unspecified atom stereocenters. The number of hydrogen-bond acceptors (Lipinski definition) is 2. The number of H-pyrrole nitrogens is 1. The number of halogens is 2. The first-order valence-corrected chi connectivity index (χ1v) is 7.65. The van der Waals surface area contributed by atoms with Crippen LogP contribution in [0, 0.1) is 0 Å². The van der Waals surface area contributed by atoms with E-state index in [0.717, 1.165) is 42.9 Å². The first-order chi connectivity index (χ1) is 9.70. The van der Waals surface area contributed by atoms with Crippen molar-refractivity contribution in [3.8, 4) is 11.3 Å². The van der Waals surface area contributed by atoms with E-state index in [2.05, 4.69) is 9.97 Å². The van der Waals surface area contributed by atoms with E-state index >= 15 is 0 Å². The smallest absolute Gasteiger partial charge is 0.106 e. The van der Waals surface area contributed by atoms with Crippen LogP contribution in [0.1, 0.15) is 31.5 Å². The molecule has 1 aromatic heterocycles. The third-order valence-corrected chi connectivity index (χ3v) is 3.97. The van der Waals surface area contributed by atoms with Crippen molar-refractivity contribution in [2.75, 3.05) is 6.54 Å². The van der Waals surface area contributed by atoms with E-state index in [1.165, 1.54) is 12.8 Å². The molecule has 0 saturated heterocycles. The van der Waals surface area contributed by atoms with Crippen molar-refractivity contribution in [2.45, 2.75) is 32.1 Å². The van der Waals surface area contributed by atoms with Crippen molar-refractivity contribution >= 4 is 23.2 Å². The Balaban J connectivity index is 1.93. The van der Waals surface area contributed by atoms with Gasteiger partial charge < -0.3 is 10.7 Å². The van der Waals surface area contributed by atoms with Gasteiger partial charge in [0.1, 0.15) is 5.82 Å². The van der Waals surface area contributed by atoms with Crippen LogP contribution >= 0.6 is 23.2 Å². The molecule has 0 aliphatic carbocycles. The lowest BCUT2D eigenvalue weighted by molar-refractivity contribution is 0.638. The Bertz CT molecular complexity index is 552. The molecule has 5 heteroatoms. The maximum absolute atomic E-state index is 6.03. The minimum atomic E-state index is 0.558. The Hall–Kier alpha value is -1.03. The molecule has 0 saturated carbocycles. The number of unbranched alkanes of at least 4 members (excludes halogenated alkanes) is 3. The van der Waals surface area contributed by atoms with E-state index < -0.39 is 0 Å². The van der Waals surface area contributed by atoms with Crippen LogP contribution in [0.3, 0.4) is 0 Å². The van der Waals surface area contributed by atoms with Gasteiger partial charge in [-0.05, 0) is 31.5 Å². The number of nitrogens with zero attached hydrogens (tertiary/aromatic N) is 1. The molecule has 1 aromatic carbocycles. The van der Waals surface area contributed by atoms with Gasteiger partial charge in [0.05, 0.1) is 21.9 Å². The number of imidazole rings is 1. The van der Waals surface area contributed by atoms with Crippen LogP contribution < -0.4 is 5.73 Å². The van der Waals surface area contributed by atoms with Gasteiger partial charge in [-0.1, -0.05) is 42.1 Å². The molecule has 1 heterocycles. The number of nitrogens with two attached hydrogens (primary N) is 1. The van der Waals surface area contributed by atoms with Crippen molar-refractivity contribution < 1.29 is 0 Å². The number of hydrogen-bond donors (Lipinski definition) is 2. The molecule has 0 aliphatic rings. The van der Waals surface area contributed by atoms with Crippen molar-refractivity contribution in [2.24, 2.45) is 5.73 Å². The van der Waals surface area contributed by atoms with Gasteiger partial charge in [0.15, 0.2) is 0 Å². The number of aromatic nitrogens is 2. The molecule has 0 bridgehead atoms. The Labute approximate surface area is 129 Å². The SMILES string of the molecule is NCCCCCCc1ncc(-c2ccc(Cl)c(Cl)c2)[nH]1. The number of aryl methyl sites for hydroxylation is 1. The topological polar surface area (TPSA) is 54.7 Å². The molecule has 0 atom stereocenters. The lowest BCUT2D eigenvalue weighted by Gasteiger charge is -2.01. The molecular weight excluding hydrogens is 293 g/mol. The zero-order valence-electron chi connectivity index (χ0n) is 11.3. The van der Waals surface area contributed by atoms with E-state index in [4.69, 9.17) is 28.9 Å². The standard InChI is InChI=1S/C15H19Cl2N3/c16-12-7-6-11(9-13(12)17)14-10-19-15(20-14)5-3-1-2-4-8-18/h6-7,9-10H,1-5,8,18H2,(H,19,20). The maximum Gasteiger partial charge on any atom is 0.106 e. The fourth-order valence-electron chi connectivity index (χ4n) is 2.09. The lowest BCUT2D eigenvalue weighted by Crippen LogP contribution is -1.98. The molecule has 0 spiro atoms. The maximum atomic E-state index is 6.03. The van der Waals surface area contributed by atoms with Crippen LogP contribution in [-0.2, 0) is 6.42 Å². The molecule has 3 N–H and O–H groups in total. The third-order valence-electron chi connectivity index (χ3n) is 3.23. The number of rotatable bonds is 7. The minimum absolute atomic E-state index is 0.558. The minimum Gasteiger partial charge on any atom is -0.342 e. The summed E-state index contributed by atoms with van der Waals surface area (Å²) in [6.07, 6.45) is 7.43. The van der Waals surface area contributed by atoms with Crippen LogP contribution in [0.15, 0.2) is 24.4 Å². The average Bonchev–Trinajstić information content (AvgIpc) is 2.90. The summed E-state index contributed by atoms with van der Waals surface area (Å²) in [6.45, 7) is 0.780. The van der Waals surface area contributed by atoms with Crippen molar-refractivity contribution in [1.82, 2.24) is 9.97 Å². The summed E-state index contributed by atoms with van der Waals surface area (Å²) >= 11 is 11.9. The highest BCUT2D eigenvalue weighted by Gasteiger charge is 2.05. The van der Waals surface area contributed by atoms with Gasteiger partial charge in [-0.2, -0.15) is 0 Å². The van der Waals surface area contributed by atoms with Crippen molar-refractivity contribution in [1.29, 1.82) is 0 Å². The van der Waals surface area contributed by atoms with E-state index in [9.17, 15) is 0 Å². The second kappa shape index (κ2) is 7.67. The third kappa shape index (κ3) is 4.23. The normalized spacial score (nSPS) is 10.9. The quantitative estimate of drug-likeness (QED) is 0.742. The van der Waals surface area contributed by atoms with Gasteiger partial charge in [-0.25, -0.2) is 4.98 Å². The number of nitrogens with one attached hydrogen (secondary N) is 1. The molecular formula is C15H19Cl2N3. The van der Waals surface area contributed by atoms with E-state index in [1.54, 1.807) is 6.07 Å². The van der Waals surface area contributed by atoms with Gasteiger partial charge in [-0.3, -0.25) is 0 Å². The summed E-state index contributed by atoms with van der Waals surface area (Å²) in [4.78, 5) is 7.74. The molecule has 20 heavy (non-hydrogen) atoms. The zero-order chi connectivity index (χ0) is 14.4. The Morgan fingerprint density at radius 3 is 2.60 bits per heavy atom. The molecule has 2 aromatic rings. The van der Waals surface area contributed by atoms with Crippen LogP contribution in [0.25, 0.3) is 11.3 Å². The Kier molecular flexibility index (Phi) is 5.89. The zero-order valence-corrected chi connectivity index (χ0v) is 12.8. The van der Waals surface area contributed by atoms with Crippen LogP contribution in [-0.4, -0.2) is 16.5 Å². The fourth-order valence-corrected chi connectivity index (χ4v) is 2.39. The van der Waals surface area contributed by atoms with Gasteiger partial charge in [0.2, 0.25) is 0 Å². The summed E-state index contributed by atoms with van der Waals surface area (Å²) in [5.74, 6) is 1.01. The highest BCUT2D eigenvalue weighted by Crippen LogP contribution is 2.27. The van der Waals surface area contributed by atoms with Gasteiger partial charge in [0.25, 0.3) is 0 Å². The molecule has 3 nitrogen and oxygen atoms in total. The molecule has 108 valence electrons. The second-order valence-corrected chi connectivity index (χ2v) is 5.64. The summed E-state index contributed by atoms with van der Waals surface area (Å²) in [6, 6.07) is 5.59.